The fourth-order valence-electron chi connectivity index (χ4n) is 0.733. The average Bonchev–Trinajstić information content (AvgIpc) is 2.46. The molecule has 0 spiro atoms. The minimum Gasteiger partial charge on any atom is -0.477 e. The van der Waals surface area contributed by atoms with E-state index in [0.717, 1.165) is 6.07 Å². The van der Waals surface area contributed by atoms with Crippen molar-refractivity contribution in [3.63, 3.8) is 0 Å². The van der Waals surface area contributed by atoms with Gasteiger partial charge in [-0.25, -0.2) is 4.79 Å². The minimum atomic E-state index is -5.01. The highest BCUT2D eigenvalue weighted by atomic mass is 79.9. The maximum atomic E-state index is 11.9. The van der Waals surface area contributed by atoms with Crippen molar-refractivity contribution in [3.8, 4) is 0 Å². The van der Waals surface area contributed by atoms with E-state index in [1.165, 1.54) is 0 Å². The largest absolute Gasteiger partial charge is 0.477 e. The molecule has 0 unspecified atom stereocenters. The first kappa shape index (κ1) is 13.0. The van der Waals surface area contributed by atoms with Crippen LogP contribution in [0.3, 0.4) is 0 Å². The van der Waals surface area contributed by atoms with E-state index in [1.807, 2.05) is 0 Å². The SMILES string of the molecule is O=C(O)c1cc(Br)c(NC(=O)C(F)(F)F)s1. The van der Waals surface area contributed by atoms with Crippen molar-refractivity contribution in [2.24, 2.45) is 0 Å². The van der Waals surface area contributed by atoms with Crippen LogP contribution >= 0.6 is 27.3 Å². The highest BCUT2D eigenvalue weighted by Gasteiger charge is 2.39. The number of aromatic carboxylic acids is 1. The van der Waals surface area contributed by atoms with Crippen LogP contribution in [0.15, 0.2) is 10.5 Å². The molecule has 1 amide bonds. The molecule has 0 atom stereocenters. The van der Waals surface area contributed by atoms with Crippen molar-refractivity contribution in [2.75, 3.05) is 5.32 Å². The first-order valence-corrected chi connectivity index (χ1v) is 5.23. The molecule has 88 valence electrons. The molecule has 0 saturated heterocycles. The zero-order valence-electron chi connectivity index (χ0n) is 7.26. The summed E-state index contributed by atoms with van der Waals surface area (Å²) in [4.78, 5) is 20.9. The fraction of sp³-hybridized carbons (Fsp3) is 0.143. The van der Waals surface area contributed by atoms with E-state index in [-0.39, 0.29) is 14.4 Å². The maximum absolute atomic E-state index is 11.9. The van der Waals surface area contributed by atoms with Crippen LogP contribution in [0.5, 0.6) is 0 Å². The van der Waals surface area contributed by atoms with Crippen LogP contribution in [0.1, 0.15) is 9.67 Å². The molecule has 0 aliphatic carbocycles. The molecule has 0 fully saturated rings. The molecule has 0 radical (unpaired) electrons. The van der Waals surface area contributed by atoms with Crippen LogP contribution in [-0.2, 0) is 4.79 Å². The number of carbonyl (C=O) groups excluding carboxylic acids is 1. The van der Waals surface area contributed by atoms with Gasteiger partial charge in [0.25, 0.3) is 0 Å². The summed E-state index contributed by atoms with van der Waals surface area (Å²) in [7, 11) is 0. The molecular formula is C7H3BrF3NO3S. The zero-order valence-corrected chi connectivity index (χ0v) is 9.66. The summed E-state index contributed by atoms with van der Waals surface area (Å²) in [5, 5.41) is 9.95. The van der Waals surface area contributed by atoms with Gasteiger partial charge < -0.3 is 10.4 Å². The summed E-state index contributed by atoms with van der Waals surface area (Å²) in [6, 6.07) is 1.11. The van der Waals surface area contributed by atoms with Gasteiger partial charge in [0.2, 0.25) is 0 Å². The molecule has 1 heterocycles. The lowest BCUT2D eigenvalue weighted by Crippen LogP contribution is -2.29. The van der Waals surface area contributed by atoms with Crippen LogP contribution in [0.25, 0.3) is 0 Å². The number of amides is 1. The molecule has 1 aromatic rings. The second-order valence-electron chi connectivity index (χ2n) is 2.54. The molecule has 9 heteroatoms. The lowest BCUT2D eigenvalue weighted by molar-refractivity contribution is -0.167. The summed E-state index contributed by atoms with van der Waals surface area (Å²) in [5.41, 5.74) is 0. The first-order chi connectivity index (χ1) is 7.21. The third-order valence-corrected chi connectivity index (χ3v) is 3.31. The smallest absolute Gasteiger partial charge is 0.471 e. The maximum Gasteiger partial charge on any atom is 0.471 e. The van der Waals surface area contributed by atoms with E-state index in [2.05, 4.69) is 15.9 Å². The first-order valence-electron chi connectivity index (χ1n) is 3.62. The topological polar surface area (TPSA) is 66.4 Å². The summed E-state index contributed by atoms with van der Waals surface area (Å²) < 4.78 is 35.8. The van der Waals surface area contributed by atoms with Gasteiger partial charge in [0.05, 0.1) is 4.47 Å². The van der Waals surface area contributed by atoms with Gasteiger partial charge in [-0.3, -0.25) is 4.79 Å². The number of carbonyl (C=O) groups is 2. The third-order valence-electron chi connectivity index (χ3n) is 1.38. The van der Waals surface area contributed by atoms with Crippen molar-refractivity contribution < 1.29 is 27.9 Å². The Morgan fingerprint density at radius 2 is 2.00 bits per heavy atom. The van der Waals surface area contributed by atoms with E-state index >= 15 is 0 Å². The standard InChI is InChI=1S/C7H3BrF3NO3S/c8-2-1-3(5(13)14)16-4(2)12-6(15)7(9,10)11/h1H,(H,12,15)(H,13,14). The molecule has 1 rings (SSSR count). The Morgan fingerprint density at radius 3 is 2.38 bits per heavy atom. The van der Waals surface area contributed by atoms with Crippen LogP contribution in [0.2, 0.25) is 0 Å². The Hall–Kier alpha value is -1.09. The lowest BCUT2D eigenvalue weighted by Gasteiger charge is -2.05. The van der Waals surface area contributed by atoms with Crippen LogP contribution < -0.4 is 5.32 Å². The van der Waals surface area contributed by atoms with Crippen molar-refractivity contribution in [1.82, 2.24) is 0 Å². The Morgan fingerprint density at radius 1 is 1.44 bits per heavy atom. The summed E-state index contributed by atoms with van der Waals surface area (Å²) in [5.74, 6) is -3.43. The van der Waals surface area contributed by atoms with Gasteiger partial charge in [-0.15, -0.1) is 11.3 Å². The monoisotopic (exact) mass is 317 g/mol. The normalized spacial score (nSPS) is 11.2. The van der Waals surface area contributed by atoms with Crippen molar-refractivity contribution in [3.05, 3.63) is 15.4 Å². The number of anilines is 1. The Kier molecular flexibility index (Phi) is 3.58. The number of alkyl halides is 3. The van der Waals surface area contributed by atoms with Gasteiger partial charge in [0.1, 0.15) is 9.88 Å². The number of hydrogen-bond acceptors (Lipinski definition) is 3. The van der Waals surface area contributed by atoms with E-state index in [0.29, 0.717) is 11.3 Å². The van der Waals surface area contributed by atoms with E-state index in [4.69, 9.17) is 5.11 Å². The van der Waals surface area contributed by atoms with Crippen LogP contribution in [0.4, 0.5) is 18.2 Å². The number of thiophene rings is 1. The van der Waals surface area contributed by atoms with Crippen molar-refractivity contribution in [1.29, 1.82) is 0 Å². The molecule has 0 bridgehead atoms. The fourth-order valence-corrected chi connectivity index (χ4v) is 2.24. The van der Waals surface area contributed by atoms with Gasteiger partial charge in [-0.1, -0.05) is 0 Å². The minimum absolute atomic E-state index is 0.0903. The molecule has 16 heavy (non-hydrogen) atoms. The Labute approximate surface area is 99.2 Å². The molecule has 0 aliphatic heterocycles. The predicted molar refractivity (Wildman–Crippen MR) is 53.7 cm³/mol. The van der Waals surface area contributed by atoms with E-state index in [9.17, 15) is 22.8 Å². The van der Waals surface area contributed by atoms with Crippen LogP contribution in [-0.4, -0.2) is 23.2 Å². The number of hydrogen-bond donors (Lipinski definition) is 2. The van der Waals surface area contributed by atoms with E-state index < -0.39 is 18.1 Å². The Bertz CT molecular complexity index is 443. The second kappa shape index (κ2) is 4.42. The highest BCUT2D eigenvalue weighted by molar-refractivity contribution is 9.10. The molecular weight excluding hydrogens is 315 g/mol. The lowest BCUT2D eigenvalue weighted by atomic mass is 10.4. The van der Waals surface area contributed by atoms with Gasteiger partial charge in [-0.2, -0.15) is 13.2 Å². The molecule has 0 aliphatic rings. The van der Waals surface area contributed by atoms with Gasteiger partial charge >= 0.3 is 18.1 Å². The van der Waals surface area contributed by atoms with E-state index in [1.54, 1.807) is 5.32 Å². The summed E-state index contributed by atoms with van der Waals surface area (Å²) in [6.07, 6.45) is -5.01. The predicted octanol–water partition coefficient (Wildman–Crippen LogP) is 2.71. The van der Waals surface area contributed by atoms with Gasteiger partial charge in [0, 0.05) is 0 Å². The molecule has 0 saturated carbocycles. The zero-order chi connectivity index (χ0) is 12.5. The van der Waals surface area contributed by atoms with Crippen LogP contribution in [0, 0.1) is 0 Å². The third kappa shape index (κ3) is 2.95. The molecule has 4 nitrogen and oxygen atoms in total. The highest BCUT2D eigenvalue weighted by Crippen LogP contribution is 2.33. The number of nitrogens with one attached hydrogen (secondary N) is 1. The summed E-state index contributed by atoms with van der Waals surface area (Å²) >= 11 is 3.38. The molecule has 1 aromatic heterocycles. The number of halogens is 4. The van der Waals surface area contributed by atoms with Gasteiger partial charge in [0.15, 0.2) is 0 Å². The second-order valence-corrected chi connectivity index (χ2v) is 4.45. The average molecular weight is 318 g/mol. The van der Waals surface area contributed by atoms with Crippen molar-refractivity contribution >= 4 is 44.1 Å². The summed E-state index contributed by atoms with van der Waals surface area (Å²) in [6.45, 7) is 0. The number of carboxylic acids is 1. The number of rotatable bonds is 2. The molecule has 2 N–H and O–H groups in total. The number of carboxylic acid groups (broad SMARTS) is 1. The quantitative estimate of drug-likeness (QED) is 0.881. The van der Waals surface area contributed by atoms with Gasteiger partial charge in [-0.05, 0) is 22.0 Å². The Balaban J connectivity index is 2.90. The van der Waals surface area contributed by atoms with Crippen molar-refractivity contribution in [2.45, 2.75) is 6.18 Å². The molecule has 0 aromatic carbocycles.